The third-order valence-electron chi connectivity index (χ3n) is 3.88. The number of benzene rings is 1. The van der Waals surface area contributed by atoms with Gasteiger partial charge in [0.15, 0.2) is 0 Å². The fourth-order valence-corrected chi connectivity index (χ4v) is 2.84. The first kappa shape index (κ1) is 11.2. The Bertz CT molecular complexity index is 388. The van der Waals surface area contributed by atoms with Crippen molar-refractivity contribution in [2.24, 2.45) is 11.7 Å². The van der Waals surface area contributed by atoms with Crippen molar-refractivity contribution in [2.45, 2.75) is 12.5 Å². The summed E-state index contributed by atoms with van der Waals surface area (Å²) in [6, 6.07) is 8.66. The van der Waals surface area contributed by atoms with Crippen molar-refractivity contribution in [1.29, 1.82) is 0 Å². The zero-order valence-electron chi connectivity index (χ0n) is 10.1. The monoisotopic (exact) mass is 232 g/mol. The highest BCUT2D eigenvalue weighted by Gasteiger charge is 2.30. The fourth-order valence-electron chi connectivity index (χ4n) is 2.84. The summed E-state index contributed by atoms with van der Waals surface area (Å²) in [4.78, 5) is 2.45. The number of nitrogens with zero attached hydrogens (tertiary/aromatic N) is 1. The minimum atomic E-state index is 0.263. The molecule has 0 aliphatic carbocycles. The van der Waals surface area contributed by atoms with E-state index in [0.717, 1.165) is 39.2 Å². The van der Waals surface area contributed by atoms with Crippen molar-refractivity contribution in [2.75, 3.05) is 32.8 Å². The van der Waals surface area contributed by atoms with Crippen LogP contribution in [0, 0.1) is 5.92 Å². The van der Waals surface area contributed by atoms with Gasteiger partial charge in [-0.05, 0) is 30.0 Å². The van der Waals surface area contributed by atoms with Crippen LogP contribution in [0.1, 0.15) is 17.2 Å². The Morgan fingerprint density at radius 2 is 2.12 bits per heavy atom. The smallest absolute Gasteiger partial charge is 0.0954 e. The van der Waals surface area contributed by atoms with Gasteiger partial charge in [0.1, 0.15) is 0 Å². The molecular formula is C14H20N2O. The molecule has 1 aromatic carbocycles. The lowest BCUT2D eigenvalue weighted by atomic mass is 9.94. The van der Waals surface area contributed by atoms with E-state index in [1.807, 2.05) is 0 Å². The Balaban J connectivity index is 1.65. The second kappa shape index (κ2) is 4.77. The quantitative estimate of drug-likeness (QED) is 0.851. The highest BCUT2D eigenvalue weighted by Crippen LogP contribution is 2.29. The van der Waals surface area contributed by atoms with Crippen molar-refractivity contribution >= 4 is 0 Å². The molecule has 1 saturated heterocycles. The van der Waals surface area contributed by atoms with Crippen LogP contribution in [0.25, 0.3) is 0 Å². The first-order valence-corrected chi connectivity index (χ1v) is 6.48. The largest absolute Gasteiger partial charge is 0.372 e. The lowest BCUT2D eigenvalue weighted by Crippen LogP contribution is -2.51. The van der Waals surface area contributed by atoms with Crippen LogP contribution in [0.5, 0.6) is 0 Å². The van der Waals surface area contributed by atoms with Crippen molar-refractivity contribution < 1.29 is 4.74 Å². The molecule has 1 fully saturated rings. The lowest BCUT2D eigenvalue weighted by Gasteiger charge is -2.41. The minimum absolute atomic E-state index is 0.263. The summed E-state index contributed by atoms with van der Waals surface area (Å²) in [5.41, 5.74) is 8.49. The first-order chi connectivity index (χ1) is 8.36. The second-order valence-corrected chi connectivity index (χ2v) is 5.13. The molecule has 0 radical (unpaired) electrons. The van der Waals surface area contributed by atoms with Crippen LogP contribution in [-0.2, 0) is 11.2 Å². The maximum atomic E-state index is 5.91. The van der Waals surface area contributed by atoms with E-state index in [2.05, 4.69) is 29.2 Å². The molecular weight excluding hydrogens is 212 g/mol. The van der Waals surface area contributed by atoms with E-state index in [-0.39, 0.29) is 6.10 Å². The molecule has 1 aromatic rings. The average Bonchev–Trinajstić information content (AvgIpc) is 2.33. The van der Waals surface area contributed by atoms with Crippen LogP contribution < -0.4 is 5.73 Å². The average molecular weight is 232 g/mol. The molecule has 3 heteroatoms. The van der Waals surface area contributed by atoms with E-state index in [1.165, 1.54) is 11.1 Å². The number of rotatable bonds is 3. The molecule has 0 spiro atoms. The molecule has 92 valence electrons. The van der Waals surface area contributed by atoms with Crippen LogP contribution in [-0.4, -0.2) is 37.7 Å². The van der Waals surface area contributed by atoms with Gasteiger partial charge in [-0.15, -0.1) is 0 Å². The Kier molecular flexibility index (Phi) is 3.14. The zero-order valence-corrected chi connectivity index (χ0v) is 10.1. The van der Waals surface area contributed by atoms with Crippen LogP contribution >= 0.6 is 0 Å². The maximum Gasteiger partial charge on any atom is 0.0954 e. The van der Waals surface area contributed by atoms with Gasteiger partial charge in [0, 0.05) is 19.6 Å². The van der Waals surface area contributed by atoms with Crippen LogP contribution in [0.3, 0.4) is 0 Å². The predicted octanol–water partition coefficient (Wildman–Crippen LogP) is 1.19. The summed E-state index contributed by atoms with van der Waals surface area (Å²) in [7, 11) is 0. The second-order valence-electron chi connectivity index (χ2n) is 5.13. The van der Waals surface area contributed by atoms with Crippen LogP contribution in [0.4, 0.5) is 0 Å². The molecule has 0 bridgehead atoms. The van der Waals surface area contributed by atoms with Crippen molar-refractivity contribution in [3.05, 3.63) is 35.4 Å². The summed E-state index contributed by atoms with van der Waals surface area (Å²) in [6.45, 7) is 4.97. The van der Waals surface area contributed by atoms with Gasteiger partial charge in [-0.1, -0.05) is 24.3 Å². The number of hydrogen-bond acceptors (Lipinski definition) is 3. The van der Waals surface area contributed by atoms with Gasteiger partial charge in [-0.25, -0.2) is 0 Å². The molecule has 2 heterocycles. The molecule has 1 unspecified atom stereocenters. The Hall–Kier alpha value is -0.900. The molecule has 2 aliphatic rings. The van der Waals surface area contributed by atoms with Crippen molar-refractivity contribution in [1.82, 2.24) is 4.90 Å². The van der Waals surface area contributed by atoms with Gasteiger partial charge in [0.2, 0.25) is 0 Å². The SMILES string of the molecule is NCC1CN(CC2OCCc3ccccc32)C1. The van der Waals surface area contributed by atoms with E-state index in [4.69, 9.17) is 10.5 Å². The van der Waals surface area contributed by atoms with Crippen molar-refractivity contribution in [3.8, 4) is 0 Å². The molecule has 2 aliphatic heterocycles. The molecule has 3 nitrogen and oxygen atoms in total. The highest BCUT2D eigenvalue weighted by atomic mass is 16.5. The topological polar surface area (TPSA) is 38.5 Å². The van der Waals surface area contributed by atoms with Gasteiger partial charge in [0.25, 0.3) is 0 Å². The van der Waals surface area contributed by atoms with E-state index < -0.39 is 0 Å². The Morgan fingerprint density at radius 3 is 2.94 bits per heavy atom. The Morgan fingerprint density at radius 1 is 1.29 bits per heavy atom. The summed E-state index contributed by atoms with van der Waals surface area (Å²) in [5, 5.41) is 0. The fraction of sp³-hybridized carbons (Fsp3) is 0.571. The number of fused-ring (bicyclic) bond motifs is 1. The zero-order chi connectivity index (χ0) is 11.7. The molecule has 1 atom stereocenters. The van der Waals surface area contributed by atoms with Gasteiger partial charge in [0.05, 0.1) is 12.7 Å². The van der Waals surface area contributed by atoms with Gasteiger partial charge >= 0.3 is 0 Å². The van der Waals surface area contributed by atoms with Crippen LogP contribution in [0.2, 0.25) is 0 Å². The number of ether oxygens (including phenoxy) is 1. The molecule has 17 heavy (non-hydrogen) atoms. The minimum Gasteiger partial charge on any atom is -0.372 e. The van der Waals surface area contributed by atoms with Crippen molar-refractivity contribution in [3.63, 3.8) is 0 Å². The standard InChI is InChI=1S/C14H20N2O/c15-7-11-8-16(9-11)10-14-13-4-2-1-3-12(13)5-6-17-14/h1-4,11,14H,5-10,15H2. The van der Waals surface area contributed by atoms with E-state index in [0.29, 0.717) is 5.92 Å². The van der Waals surface area contributed by atoms with Crippen LogP contribution in [0.15, 0.2) is 24.3 Å². The Labute approximate surface area is 103 Å². The summed E-state index contributed by atoms with van der Waals surface area (Å²) in [6.07, 6.45) is 1.32. The number of likely N-dealkylation sites (tertiary alicyclic amines) is 1. The predicted molar refractivity (Wildman–Crippen MR) is 67.8 cm³/mol. The van der Waals surface area contributed by atoms with E-state index >= 15 is 0 Å². The molecule has 0 saturated carbocycles. The molecule has 0 aromatic heterocycles. The van der Waals surface area contributed by atoms with Gasteiger partial charge in [-0.2, -0.15) is 0 Å². The molecule has 3 rings (SSSR count). The summed E-state index contributed by atoms with van der Waals surface area (Å²) < 4.78 is 5.91. The maximum absolute atomic E-state index is 5.91. The van der Waals surface area contributed by atoms with Gasteiger partial charge < -0.3 is 10.5 Å². The van der Waals surface area contributed by atoms with E-state index in [9.17, 15) is 0 Å². The number of nitrogens with two attached hydrogens (primary N) is 1. The first-order valence-electron chi connectivity index (χ1n) is 6.48. The molecule has 0 amide bonds. The summed E-state index contributed by atoms with van der Waals surface area (Å²) in [5.74, 6) is 0.703. The molecule has 2 N–H and O–H groups in total. The number of hydrogen-bond donors (Lipinski definition) is 1. The normalized spacial score (nSPS) is 25.4. The lowest BCUT2D eigenvalue weighted by molar-refractivity contribution is -0.0126. The third-order valence-corrected chi connectivity index (χ3v) is 3.88. The third kappa shape index (κ3) is 2.23. The van der Waals surface area contributed by atoms with Gasteiger partial charge in [-0.3, -0.25) is 4.90 Å². The summed E-state index contributed by atoms with van der Waals surface area (Å²) >= 11 is 0. The van der Waals surface area contributed by atoms with E-state index in [1.54, 1.807) is 0 Å². The highest BCUT2D eigenvalue weighted by molar-refractivity contribution is 5.31.